The van der Waals surface area contributed by atoms with Crippen molar-refractivity contribution in [1.29, 1.82) is 0 Å². The summed E-state index contributed by atoms with van der Waals surface area (Å²) in [5.41, 5.74) is 0.459. The van der Waals surface area contributed by atoms with Crippen LogP contribution in [0.2, 0.25) is 0 Å². The zero-order chi connectivity index (χ0) is 9.42. The molecular weight excluding hydrogens is 174 g/mol. The van der Waals surface area contributed by atoms with E-state index in [4.69, 9.17) is 0 Å². The van der Waals surface area contributed by atoms with Crippen molar-refractivity contribution in [2.75, 3.05) is 0 Å². The number of carbonyl (C=O) groups excluding carboxylic acids is 1. The van der Waals surface area contributed by atoms with Crippen molar-refractivity contribution in [2.24, 2.45) is 0 Å². The van der Waals surface area contributed by atoms with Gasteiger partial charge in [0.05, 0.1) is 0 Å². The van der Waals surface area contributed by atoms with E-state index < -0.39 is 11.6 Å². The average Bonchev–Trinajstić information content (AvgIpc) is 2.00. The topological polar surface area (TPSA) is 17.1 Å². The maximum Gasteiger partial charge on any atom is 0.134 e. The van der Waals surface area contributed by atoms with Crippen LogP contribution in [0.15, 0.2) is 18.2 Å². The lowest BCUT2D eigenvalue weighted by molar-refractivity contribution is -0.124. The molecule has 13 heavy (non-hydrogen) atoms. The van der Waals surface area contributed by atoms with Crippen LogP contribution in [0.1, 0.15) is 24.3 Å². The summed E-state index contributed by atoms with van der Waals surface area (Å²) in [5.74, 6) is -1.01. The second-order valence-corrected chi connectivity index (χ2v) is 3.31. The highest BCUT2D eigenvalue weighted by molar-refractivity contribution is 5.86. The molecule has 2 rings (SSSR count). The highest BCUT2D eigenvalue weighted by Gasteiger charge is 2.29. The smallest absolute Gasteiger partial charge is 0.134 e. The molecule has 1 aromatic rings. The summed E-state index contributed by atoms with van der Waals surface area (Å²) in [4.78, 5) is 10.7. The second-order valence-electron chi connectivity index (χ2n) is 3.31. The minimum absolute atomic E-state index is 0.0342. The highest BCUT2D eigenvalue weighted by Crippen LogP contribution is 2.34. The average molecular weight is 182 g/mol. The Morgan fingerprint density at radius 2 is 1.92 bits per heavy atom. The molecule has 0 radical (unpaired) electrons. The number of hydrogen-bond donors (Lipinski definition) is 0. The fraction of sp³-hybridized carbons (Fsp3) is 0.300. The first-order valence-electron chi connectivity index (χ1n) is 4.13. The predicted molar refractivity (Wildman–Crippen MR) is 43.3 cm³/mol. The second kappa shape index (κ2) is 2.91. The molecule has 1 aliphatic rings. The quantitative estimate of drug-likeness (QED) is 0.651. The number of hydrogen-bond acceptors (Lipinski definition) is 1. The van der Waals surface area contributed by atoms with Crippen molar-refractivity contribution in [3.63, 3.8) is 0 Å². The summed E-state index contributed by atoms with van der Waals surface area (Å²) >= 11 is 0. The van der Waals surface area contributed by atoms with Gasteiger partial charge in [0.15, 0.2) is 0 Å². The van der Waals surface area contributed by atoms with E-state index in [0.717, 1.165) is 6.07 Å². The summed E-state index contributed by atoms with van der Waals surface area (Å²) < 4.78 is 25.6. The third kappa shape index (κ3) is 1.46. The van der Waals surface area contributed by atoms with E-state index >= 15 is 0 Å². The Kier molecular flexibility index (Phi) is 1.87. The van der Waals surface area contributed by atoms with E-state index in [9.17, 15) is 13.6 Å². The van der Waals surface area contributed by atoms with Gasteiger partial charge in [-0.25, -0.2) is 8.78 Å². The number of benzene rings is 1. The number of carbonyl (C=O) groups is 1. The Balaban J connectivity index is 2.26. The lowest BCUT2D eigenvalue weighted by Crippen LogP contribution is -2.22. The molecule has 68 valence electrons. The molecule has 0 heterocycles. The van der Waals surface area contributed by atoms with Crippen molar-refractivity contribution in [3.05, 3.63) is 35.4 Å². The molecule has 1 aromatic carbocycles. The van der Waals surface area contributed by atoms with Crippen molar-refractivity contribution in [2.45, 2.75) is 18.8 Å². The molecule has 0 aromatic heterocycles. The number of ketones is 1. The number of Topliss-reactive ketones (excluding diaryl/α,β-unsaturated/α-hetero) is 1. The minimum atomic E-state index is -0.577. The monoisotopic (exact) mass is 182 g/mol. The molecule has 0 atom stereocenters. The minimum Gasteiger partial charge on any atom is -0.300 e. The molecule has 0 N–H and O–H groups in total. The zero-order valence-electron chi connectivity index (χ0n) is 6.89. The third-order valence-electron chi connectivity index (χ3n) is 2.35. The normalized spacial score (nSPS) is 17.2. The van der Waals surface area contributed by atoms with E-state index in [0.29, 0.717) is 18.4 Å². The van der Waals surface area contributed by atoms with Gasteiger partial charge in [0.25, 0.3) is 0 Å². The largest absolute Gasteiger partial charge is 0.300 e. The summed E-state index contributed by atoms with van der Waals surface area (Å²) in [6.45, 7) is 0. The molecule has 1 nitrogen and oxygen atoms in total. The van der Waals surface area contributed by atoms with Gasteiger partial charge in [-0.3, -0.25) is 4.79 Å². The lowest BCUT2D eigenvalue weighted by atomic mass is 9.79. The van der Waals surface area contributed by atoms with E-state index in [1.165, 1.54) is 12.1 Å². The summed E-state index contributed by atoms with van der Waals surface area (Å²) in [6.07, 6.45) is 0.783. The Hall–Kier alpha value is -1.25. The summed E-state index contributed by atoms with van der Waals surface area (Å²) in [7, 11) is 0. The van der Waals surface area contributed by atoms with Gasteiger partial charge in [0.1, 0.15) is 17.4 Å². The molecule has 0 spiro atoms. The fourth-order valence-electron chi connectivity index (χ4n) is 1.54. The Morgan fingerprint density at radius 1 is 1.23 bits per heavy atom. The van der Waals surface area contributed by atoms with Crippen LogP contribution in [0.4, 0.5) is 8.78 Å². The van der Waals surface area contributed by atoms with E-state index in [-0.39, 0.29) is 11.7 Å². The van der Waals surface area contributed by atoms with Gasteiger partial charge in [0.2, 0.25) is 0 Å². The van der Waals surface area contributed by atoms with Crippen LogP contribution in [-0.2, 0) is 4.79 Å². The van der Waals surface area contributed by atoms with Gasteiger partial charge >= 0.3 is 0 Å². The number of halogens is 2. The molecule has 0 amide bonds. The van der Waals surface area contributed by atoms with Gasteiger partial charge in [-0.1, -0.05) is 6.07 Å². The predicted octanol–water partition coefficient (Wildman–Crippen LogP) is 2.41. The van der Waals surface area contributed by atoms with Gasteiger partial charge < -0.3 is 0 Å². The van der Waals surface area contributed by atoms with E-state index in [1.54, 1.807) is 0 Å². The molecule has 0 unspecified atom stereocenters. The fourth-order valence-corrected chi connectivity index (χ4v) is 1.54. The lowest BCUT2D eigenvalue weighted by Gasteiger charge is -2.24. The molecule has 1 fully saturated rings. The molecule has 1 aliphatic carbocycles. The van der Waals surface area contributed by atoms with Gasteiger partial charge in [-0.2, -0.15) is 0 Å². The Labute approximate surface area is 74.4 Å². The first kappa shape index (κ1) is 8.35. The highest BCUT2D eigenvalue weighted by atomic mass is 19.1. The van der Waals surface area contributed by atoms with Crippen molar-refractivity contribution < 1.29 is 13.6 Å². The molecule has 0 aliphatic heterocycles. The van der Waals surface area contributed by atoms with E-state index in [1.807, 2.05) is 0 Å². The standard InChI is InChI=1S/C10H8F2O/c11-7-1-2-9(10(12)5-7)6-3-8(13)4-6/h1-2,5-6H,3-4H2. The van der Waals surface area contributed by atoms with Crippen molar-refractivity contribution in [3.8, 4) is 0 Å². The first-order valence-corrected chi connectivity index (χ1v) is 4.13. The van der Waals surface area contributed by atoms with Crippen LogP contribution in [-0.4, -0.2) is 5.78 Å². The maximum absolute atomic E-state index is 13.1. The molecule has 0 bridgehead atoms. The third-order valence-corrected chi connectivity index (χ3v) is 2.35. The SMILES string of the molecule is O=C1CC(c2ccc(F)cc2F)C1. The number of rotatable bonds is 1. The molecular formula is C10H8F2O. The molecule has 0 saturated heterocycles. The first-order chi connectivity index (χ1) is 6.16. The maximum atomic E-state index is 13.1. The van der Waals surface area contributed by atoms with Gasteiger partial charge in [0, 0.05) is 24.8 Å². The van der Waals surface area contributed by atoms with Crippen LogP contribution < -0.4 is 0 Å². The Morgan fingerprint density at radius 3 is 2.46 bits per heavy atom. The molecule has 1 saturated carbocycles. The van der Waals surface area contributed by atoms with Crippen LogP contribution >= 0.6 is 0 Å². The van der Waals surface area contributed by atoms with E-state index in [2.05, 4.69) is 0 Å². The van der Waals surface area contributed by atoms with Gasteiger partial charge in [-0.05, 0) is 11.6 Å². The molecule has 3 heteroatoms. The van der Waals surface area contributed by atoms with Crippen molar-refractivity contribution >= 4 is 5.78 Å². The summed E-state index contributed by atoms with van der Waals surface area (Å²) in [5, 5.41) is 0. The van der Waals surface area contributed by atoms with Crippen LogP contribution in [0.3, 0.4) is 0 Å². The summed E-state index contributed by atoms with van der Waals surface area (Å²) in [6, 6.07) is 3.50. The van der Waals surface area contributed by atoms with Crippen LogP contribution in [0.5, 0.6) is 0 Å². The van der Waals surface area contributed by atoms with Gasteiger partial charge in [-0.15, -0.1) is 0 Å². The van der Waals surface area contributed by atoms with Crippen molar-refractivity contribution in [1.82, 2.24) is 0 Å². The Bertz CT molecular complexity index is 352. The van der Waals surface area contributed by atoms with Crippen LogP contribution in [0, 0.1) is 11.6 Å². The zero-order valence-corrected chi connectivity index (χ0v) is 6.89. The van der Waals surface area contributed by atoms with Crippen LogP contribution in [0.25, 0.3) is 0 Å².